The molecule has 1 heterocycles. The summed E-state index contributed by atoms with van der Waals surface area (Å²) in [5, 5.41) is 3.57. The molecule has 0 saturated carbocycles. The fourth-order valence-electron chi connectivity index (χ4n) is 3.42. The van der Waals surface area contributed by atoms with Crippen LogP contribution in [0.5, 0.6) is 5.75 Å². The summed E-state index contributed by atoms with van der Waals surface area (Å²) in [6.07, 6.45) is 2.40. The smallest absolute Gasteiger partial charge is 0.199 e. The van der Waals surface area contributed by atoms with Crippen LogP contribution in [-0.4, -0.2) is 37.0 Å². The van der Waals surface area contributed by atoms with Crippen LogP contribution >= 0.6 is 0 Å². The minimum Gasteiger partial charge on any atom is -0.489 e. The molecule has 1 fully saturated rings. The van der Waals surface area contributed by atoms with E-state index in [0.717, 1.165) is 42.9 Å². The van der Waals surface area contributed by atoms with E-state index < -0.39 is 0 Å². The molecule has 0 amide bonds. The first-order chi connectivity index (χ1) is 14.8. The summed E-state index contributed by atoms with van der Waals surface area (Å²) in [5.74, 6) is 2.58. The summed E-state index contributed by atoms with van der Waals surface area (Å²) in [5.41, 5.74) is 9.30. The second kappa shape index (κ2) is 10.7. The van der Waals surface area contributed by atoms with Gasteiger partial charge in [0.2, 0.25) is 0 Å². The summed E-state index contributed by atoms with van der Waals surface area (Å²) >= 11 is 0. The van der Waals surface area contributed by atoms with Gasteiger partial charge in [-0.15, -0.1) is 0 Å². The predicted octanol–water partition coefficient (Wildman–Crippen LogP) is 4.87. The molecular weight excluding hydrogens is 384 g/mol. The zero-order chi connectivity index (χ0) is 22.3. The van der Waals surface area contributed by atoms with Crippen LogP contribution in [0.3, 0.4) is 0 Å². The Labute approximate surface area is 187 Å². The highest BCUT2D eigenvalue weighted by Gasteiger charge is 2.22. The van der Waals surface area contributed by atoms with E-state index in [1.54, 1.807) is 0 Å². The molecular formula is C26H38N4O. The minimum atomic E-state index is 0.0253. The molecule has 1 saturated heterocycles. The number of ether oxygens (including phenoxy) is 1. The van der Waals surface area contributed by atoms with Gasteiger partial charge in [0.15, 0.2) is 5.96 Å². The monoisotopic (exact) mass is 422 g/mol. The lowest BCUT2D eigenvalue weighted by atomic mass is 9.94. The topological polar surface area (TPSA) is 62.9 Å². The number of nitrogens with zero attached hydrogens (tertiary/aromatic N) is 2. The van der Waals surface area contributed by atoms with E-state index in [9.17, 15) is 0 Å². The van der Waals surface area contributed by atoms with Gasteiger partial charge in [-0.3, -0.25) is 0 Å². The molecule has 1 aliphatic heterocycles. The van der Waals surface area contributed by atoms with Crippen LogP contribution in [0.1, 0.15) is 44.7 Å². The maximum absolute atomic E-state index is 5.94. The van der Waals surface area contributed by atoms with E-state index in [4.69, 9.17) is 15.5 Å². The molecule has 3 rings (SSSR count). The molecule has 0 aliphatic carbocycles. The van der Waals surface area contributed by atoms with Crippen LogP contribution in [0.15, 0.2) is 53.5 Å². The van der Waals surface area contributed by atoms with Crippen LogP contribution in [-0.2, 0) is 6.61 Å². The number of hydrogen-bond donors (Lipinski definition) is 2. The van der Waals surface area contributed by atoms with Crippen molar-refractivity contribution in [3.8, 4) is 5.75 Å². The largest absolute Gasteiger partial charge is 0.489 e. The van der Waals surface area contributed by atoms with Gasteiger partial charge in [0.25, 0.3) is 0 Å². The fourth-order valence-corrected chi connectivity index (χ4v) is 3.42. The van der Waals surface area contributed by atoms with Crippen molar-refractivity contribution in [1.82, 2.24) is 10.2 Å². The number of aryl methyl sites for hydroxylation is 1. The highest BCUT2D eigenvalue weighted by Crippen LogP contribution is 2.22. The van der Waals surface area contributed by atoms with Crippen molar-refractivity contribution >= 4 is 11.6 Å². The summed E-state index contributed by atoms with van der Waals surface area (Å²) in [4.78, 5) is 7.32. The quantitative estimate of drug-likeness (QED) is 0.494. The van der Waals surface area contributed by atoms with Crippen molar-refractivity contribution < 1.29 is 4.74 Å². The third-order valence-electron chi connectivity index (χ3n) is 5.96. The standard InChI is InChI=1S/C26H38N4O/c1-20-5-7-22(8-6-20)17-31-24-11-9-23(10-12-24)29-25(28-19-26(3,4)18-27)30-15-13-21(2)14-16-30/h5-12,21H,13-19,27H2,1-4H3,(H,28,29). The molecule has 3 N–H and O–H groups in total. The summed E-state index contributed by atoms with van der Waals surface area (Å²) in [7, 11) is 0. The zero-order valence-corrected chi connectivity index (χ0v) is 19.5. The van der Waals surface area contributed by atoms with Gasteiger partial charge in [-0.05, 0) is 67.5 Å². The highest BCUT2D eigenvalue weighted by atomic mass is 16.5. The van der Waals surface area contributed by atoms with E-state index in [-0.39, 0.29) is 5.41 Å². The van der Waals surface area contributed by atoms with Gasteiger partial charge < -0.3 is 20.7 Å². The molecule has 0 radical (unpaired) electrons. The average Bonchev–Trinajstić information content (AvgIpc) is 2.78. The van der Waals surface area contributed by atoms with Gasteiger partial charge in [-0.25, -0.2) is 4.99 Å². The van der Waals surface area contributed by atoms with E-state index in [1.165, 1.54) is 24.0 Å². The van der Waals surface area contributed by atoms with Crippen molar-refractivity contribution in [3.05, 3.63) is 59.7 Å². The first-order valence-electron chi connectivity index (χ1n) is 11.4. The molecule has 1 aliphatic rings. The molecule has 0 bridgehead atoms. The van der Waals surface area contributed by atoms with Crippen LogP contribution in [0, 0.1) is 18.3 Å². The van der Waals surface area contributed by atoms with Crippen molar-refractivity contribution in [2.75, 3.05) is 26.2 Å². The number of rotatable bonds is 7. The zero-order valence-electron chi connectivity index (χ0n) is 19.5. The molecule has 5 nitrogen and oxygen atoms in total. The van der Waals surface area contributed by atoms with Crippen molar-refractivity contribution in [3.63, 3.8) is 0 Å². The SMILES string of the molecule is Cc1ccc(COc2ccc(/N=C(/NCC(C)(C)CN)N3CCC(C)CC3)cc2)cc1. The maximum atomic E-state index is 5.94. The molecule has 0 spiro atoms. The van der Waals surface area contributed by atoms with E-state index in [1.807, 2.05) is 24.3 Å². The Morgan fingerprint density at radius 3 is 2.35 bits per heavy atom. The van der Waals surface area contributed by atoms with Crippen LogP contribution in [0.4, 0.5) is 5.69 Å². The van der Waals surface area contributed by atoms with Gasteiger partial charge >= 0.3 is 0 Å². The van der Waals surface area contributed by atoms with Gasteiger partial charge in [0, 0.05) is 19.6 Å². The Balaban J connectivity index is 1.67. The number of nitrogens with two attached hydrogens (primary N) is 1. The lowest BCUT2D eigenvalue weighted by Gasteiger charge is -2.34. The molecule has 0 atom stereocenters. The van der Waals surface area contributed by atoms with Gasteiger partial charge in [-0.1, -0.05) is 50.6 Å². The third kappa shape index (κ3) is 7.28. The van der Waals surface area contributed by atoms with E-state index >= 15 is 0 Å². The Hall–Kier alpha value is -2.53. The summed E-state index contributed by atoms with van der Waals surface area (Å²) in [6.45, 7) is 12.8. The number of hydrogen-bond acceptors (Lipinski definition) is 3. The summed E-state index contributed by atoms with van der Waals surface area (Å²) in [6, 6.07) is 16.5. The Kier molecular flexibility index (Phi) is 7.97. The molecule has 0 aromatic heterocycles. The van der Waals surface area contributed by atoms with Crippen LogP contribution in [0.2, 0.25) is 0 Å². The normalized spacial score (nSPS) is 15.8. The van der Waals surface area contributed by atoms with E-state index in [2.05, 4.69) is 62.2 Å². The molecule has 168 valence electrons. The number of benzene rings is 2. The van der Waals surface area contributed by atoms with Crippen LogP contribution in [0.25, 0.3) is 0 Å². The van der Waals surface area contributed by atoms with Gasteiger partial charge in [0.05, 0.1) is 5.69 Å². The molecule has 2 aromatic carbocycles. The lowest BCUT2D eigenvalue weighted by molar-refractivity contribution is 0.269. The van der Waals surface area contributed by atoms with Gasteiger partial charge in [0.1, 0.15) is 12.4 Å². The number of guanidine groups is 1. The second-order valence-corrected chi connectivity index (χ2v) is 9.60. The van der Waals surface area contributed by atoms with Crippen molar-refractivity contribution in [2.45, 2.75) is 47.1 Å². The van der Waals surface area contributed by atoms with Crippen molar-refractivity contribution in [2.24, 2.45) is 22.1 Å². The number of nitrogens with one attached hydrogen (secondary N) is 1. The first kappa shape index (κ1) is 23.1. The Morgan fingerprint density at radius 1 is 1.10 bits per heavy atom. The number of likely N-dealkylation sites (tertiary alicyclic amines) is 1. The predicted molar refractivity (Wildman–Crippen MR) is 130 cm³/mol. The van der Waals surface area contributed by atoms with Crippen LogP contribution < -0.4 is 15.8 Å². The lowest BCUT2D eigenvalue weighted by Crippen LogP contribution is -2.48. The Bertz CT molecular complexity index is 835. The minimum absolute atomic E-state index is 0.0253. The fraction of sp³-hybridized carbons (Fsp3) is 0.500. The number of piperidine rings is 1. The first-order valence-corrected chi connectivity index (χ1v) is 11.4. The maximum Gasteiger partial charge on any atom is 0.199 e. The highest BCUT2D eigenvalue weighted by molar-refractivity contribution is 5.83. The summed E-state index contributed by atoms with van der Waals surface area (Å²) < 4.78 is 5.94. The van der Waals surface area contributed by atoms with Gasteiger partial charge in [-0.2, -0.15) is 0 Å². The molecule has 31 heavy (non-hydrogen) atoms. The molecule has 0 unspecified atom stereocenters. The van der Waals surface area contributed by atoms with E-state index in [0.29, 0.717) is 13.2 Å². The average molecular weight is 423 g/mol. The molecule has 2 aromatic rings. The Morgan fingerprint density at radius 2 is 1.74 bits per heavy atom. The molecule has 5 heteroatoms. The van der Waals surface area contributed by atoms with Crippen molar-refractivity contribution in [1.29, 1.82) is 0 Å². The number of aliphatic imine (C=N–C) groups is 1. The second-order valence-electron chi connectivity index (χ2n) is 9.60. The third-order valence-corrected chi connectivity index (χ3v) is 5.96.